The molecule has 0 bridgehead atoms. The van der Waals surface area contributed by atoms with Gasteiger partial charge in [0.1, 0.15) is 28.2 Å². The van der Waals surface area contributed by atoms with Crippen molar-refractivity contribution in [2.75, 3.05) is 16.8 Å². The highest BCUT2D eigenvalue weighted by Gasteiger charge is 2.24. The summed E-state index contributed by atoms with van der Waals surface area (Å²) in [4.78, 5) is 15.1. The van der Waals surface area contributed by atoms with Crippen molar-refractivity contribution in [1.29, 1.82) is 0 Å². The quantitative estimate of drug-likeness (QED) is 0.447. The van der Waals surface area contributed by atoms with Crippen LogP contribution in [0.3, 0.4) is 0 Å². The molecular formula is C23H20FN7OS. The van der Waals surface area contributed by atoms with Crippen molar-refractivity contribution >= 4 is 34.6 Å². The van der Waals surface area contributed by atoms with Crippen LogP contribution in [0.25, 0.3) is 0 Å². The number of aliphatic hydroxyl groups is 1. The standard InChI is InChI=1S/C23H20FN7OS/c1-23(32,21-25-11-14-33-21)9-7-18-15-20-30(12-2-13-31(20)29-18)19-8-10-26-22(28-19)27-17-5-3-16(24)4-6-17/h3-6,8,10-11,14-15,32H,2,12-13H2,1H3,(H,26,27,28). The highest BCUT2D eigenvalue weighted by molar-refractivity contribution is 7.09. The number of aryl methyl sites for hydroxylation is 1. The number of aromatic nitrogens is 5. The van der Waals surface area contributed by atoms with Crippen LogP contribution in [-0.4, -0.2) is 36.4 Å². The number of hydrogen-bond donors (Lipinski definition) is 2. The average molecular weight is 462 g/mol. The van der Waals surface area contributed by atoms with Crippen LogP contribution in [0.15, 0.2) is 54.2 Å². The second-order valence-corrected chi connectivity index (χ2v) is 8.54. The molecule has 5 rings (SSSR count). The highest BCUT2D eigenvalue weighted by Crippen LogP contribution is 2.29. The number of nitrogens with zero attached hydrogens (tertiary/aromatic N) is 6. The molecule has 4 aromatic rings. The minimum atomic E-state index is -1.34. The van der Waals surface area contributed by atoms with Gasteiger partial charge in [0, 0.05) is 42.6 Å². The van der Waals surface area contributed by atoms with E-state index in [0.29, 0.717) is 28.2 Å². The first-order chi connectivity index (χ1) is 16.0. The zero-order chi connectivity index (χ0) is 22.8. The van der Waals surface area contributed by atoms with Gasteiger partial charge in [0.05, 0.1) is 0 Å². The van der Waals surface area contributed by atoms with Gasteiger partial charge in [0.15, 0.2) is 5.60 Å². The van der Waals surface area contributed by atoms with Crippen LogP contribution in [0.5, 0.6) is 0 Å². The van der Waals surface area contributed by atoms with Gasteiger partial charge in [0.2, 0.25) is 5.95 Å². The molecule has 2 N–H and O–H groups in total. The lowest BCUT2D eigenvalue weighted by Gasteiger charge is -2.28. The van der Waals surface area contributed by atoms with Crippen molar-refractivity contribution < 1.29 is 9.50 Å². The third-order valence-electron chi connectivity index (χ3n) is 5.09. The summed E-state index contributed by atoms with van der Waals surface area (Å²) >= 11 is 1.36. The Morgan fingerprint density at radius 3 is 2.79 bits per heavy atom. The monoisotopic (exact) mass is 461 g/mol. The fourth-order valence-corrected chi connectivity index (χ4v) is 4.15. The summed E-state index contributed by atoms with van der Waals surface area (Å²) in [6.07, 6.45) is 4.21. The molecule has 0 saturated carbocycles. The van der Waals surface area contributed by atoms with Gasteiger partial charge in [-0.1, -0.05) is 5.92 Å². The van der Waals surface area contributed by atoms with Crippen molar-refractivity contribution in [3.8, 4) is 11.8 Å². The van der Waals surface area contributed by atoms with E-state index in [1.54, 1.807) is 36.8 Å². The van der Waals surface area contributed by atoms with E-state index in [0.717, 1.165) is 25.3 Å². The van der Waals surface area contributed by atoms with E-state index >= 15 is 0 Å². The van der Waals surface area contributed by atoms with E-state index in [1.807, 2.05) is 16.8 Å². The van der Waals surface area contributed by atoms with E-state index in [1.165, 1.54) is 23.5 Å². The lowest BCUT2D eigenvalue weighted by molar-refractivity contribution is 0.122. The molecule has 10 heteroatoms. The van der Waals surface area contributed by atoms with Gasteiger partial charge in [-0.2, -0.15) is 10.1 Å². The molecule has 0 aliphatic carbocycles. The fraction of sp³-hybridized carbons (Fsp3) is 0.217. The summed E-state index contributed by atoms with van der Waals surface area (Å²) in [6.45, 7) is 3.15. The van der Waals surface area contributed by atoms with Crippen molar-refractivity contribution in [1.82, 2.24) is 24.7 Å². The summed E-state index contributed by atoms with van der Waals surface area (Å²) in [5, 5.41) is 20.7. The average Bonchev–Trinajstić information content (AvgIpc) is 3.50. The van der Waals surface area contributed by atoms with Gasteiger partial charge in [-0.25, -0.2) is 19.0 Å². The second kappa shape index (κ2) is 8.61. The third-order valence-corrected chi connectivity index (χ3v) is 6.07. The lowest BCUT2D eigenvalue weighted by Crippen LogP contribution is -2.28. The molecule has 1 aliphatic heterocycles. The van der Waals surface area contributed by atoms with E-state index < -0.39 is 5.60 Å². The number of rotatable bonds is 4. The Labute approximate surface area is 193 Å². The van der Waals surface area contributed by atoms with Crippen molar-refractivity contribution in [2.24, 2.45) is 0 Å². The molecule has 4 heterocycles. The maximum absolute atomic E-state index is 13.2. The molecular weight excluding hydrogens is 441 g/mol. The molecule has 1 aromatic carbocycles. The van der Waals surface area contributed by atoms with Gasteiger partial charge in [-0.05, 0) is 49.6 Å². The normalized spacial score (nSPS) is 14.7. The smallest absolute Gasteiger partial charge is 0.229 e. The topological polar surface area (TPSA) is 92.0 Å². The molecule has 166 valence electrons. The number of fused-ring (bicyclic) bond motifs is 1. The van der Waals surface area contributed by atoms with Crippen molar-refractivity contribution in [3.63, 3.8) is 0 Å². The minimum absolute atomic E-state index is 0.302. The number of thiazole rings is 1. The summed E-state index contributed by atoms with van der Waals surface area (Å²) in [6, 6.07) is 9.74. The molecule has 0 radical (unpaired) electrons. The molecule has 1 atom stereocenters. The molecule has 33 heavy (non-hydrogen) atoms. The first kappa shape index (κ1) is 21.1. The maximum atomic E-state index is 13.2. The Balaban J connectivity index is 1.40. The molecule has 3 aromatic heterocycles. The van der Waals surface area contributed by atoms with E-state index in [-0.39, 0.29) is 5.82 Å². The zero-order valence-electron chi connectivity index (χ0n) is 17.7. The van der Waals surface area contributed by atoms with E-state index in [2.05, 4.69) is 42.1 Å². The largest absolute Gasteiger partial charge is 0.371 e. The van der Waals surface area contributed by atoms with Crippen LogP contribution < -0.4 is 10.2 Å². The zero-order valence-corrected chi connectivity index (χ0v) is 18.6. The van der Waals surface area contributed by atoms with E-state index in [9.17, 15) is 9.50 Å². The van der Waals surface area contributed by atoms with Crippen LogP contribution in [0.4, 0.5) is 27.7 Å². The predicted octanol–water partition coefficient (Wildman–Crippen LogP) is 3.81. The summed E-state index contributed by atoms with van der Waals surface area (Å²) in [5.74, 6) is 7.55. The molecule has 1 unspecified atom stereocenters. The molecule has 0 fully saturated rings. The Hall–Kier alpha value is -3.81. The Morgan fingerprint density at radius 2 is 2.00 bits per heavy atom. The minimum Gasteiger partial charge on any atom is -0.371 e. The molecule has 1 aliphatic rings. The molecule has 0 spiro atoms. The van der Waals surface area contributed by atoms with Gasteiger partial charge in [-0.3, -0.25) is 0 Å². The molecule has 8 nitrogen and oxygen atoms in total. The van der Waals surface area contributed by atoms with Crippen LogP contribution in [-0.2, 0) is 12.1 Å². The van der Waals surface area contributed by atoms with Crippen LogP contribution in [0.1, 0.15) is 24.0 Å². The lowest BCUT2D eigenvalue weighted by atomic mass is 10.1. The van der Waals surface area contributed by atoms with Gasteiger partial charge < -0.3 is 15.3 Å². The predicted molar refractivity (Wildman–Crippen MR) is 124 cm³/mol. The van der Waals surface area contributed by atoms with Gasteiger partial charge in [0.25, 0.3) is 0 Å². The number of halogens is 1. The van der Waals surface area contributed by atoms with Crippen molar-refractivity contribution in [2.45, 2.75) is 25.5 Å². The number of anilines is 4. The van der Waals surface area contributed by atoms with Gasteiger partial charge in [-0.15, -0.1) is 11.3 Å². The van der Waals surface area contributed by atoms with Crippen molar-refractivity contribution in [3.05, 3.63) is 70.7 Å². The summed E-state index contributed by atoms with van der Waals surface area (Å²) in [7, 11) is 0. The molecule has 0 saturated heterocycles. The van der Waals surface area contributed by atoms with Crippen LogP contribution >= 0.6 is 11.3 Å². The first-order valence-corrected chi connectivity index (χ1v) is 11.2. The third kappa shape index (κ3) is 4.55. The SMILES string of the molecule is CC(O)(C#Cc1cc2n(n1)CCCN2c1ccnc(Nc2ccc(F)cc2)n1)c1nccs1. The Bertz CT molecular complexity index is 1320. The van der Waals surface area contributed by atoms with Crippen LogP contribution in [0.2, 0.25) is 0 Å². The second-order valence-electron chi connectivity index (χ2n) is 7.65. The Kier molecular flexibility index (Phi) is 5.50. The molecule has 0 amide bonds. The number of nitrogens with one attached hydrogen (secondary N) is 1. The van der Waals surface area contributed by atoms with Crippen LogP contribution in [0, 0.1) is 17.7 Å². The Morgan fingerprint density at radius 1 is 1.15 bits per heavy atom. The maximum Gasteiger partial charge on any atom is 0.229 e. The van der Waals surface area contributed by atoms with E-state index in [4.69, 9.17) is 0 Å². The first-order valence-electron chi connectivity index (χ1n) is 10.3. The highest BCUT2D eigenvalue weighted by atomic mass is 32.1. The van der Waals surface area contributed by atoms with Gasteiger partial charge >= 0.3 is 0 Å². The fourth-order valence-electron chi connectivity index (χ4n) is 3.50. The number of hydrogen-bond acceptors (Lipinski definition) is 8. The number of benzene rings is 1. The summed E-state index contributed by atoms with van der Waals surface area (Å²) < 4.78 is 15.1. The summed E-state index contributed by atoms with van der Waals surface area (Å²) in [5.41, 5.74) is -0.0829.